The molecule has 0 radical (unpaired) electrons. The van der Waals surface area contributed by atoms with Gasteiger partial charge in [0.15, 0.2) is 0 Å². The molecule has 2 aromatic carbocycles. The zero-order valence-corrected chi connectivity index (χ0v) is 24.8. The number of alkyl carbamates (subject to hydrolysis) is 1. The second-order valence-electron chi connectivity index (χ2n) is 11.1. The van der Waals surface area contributed by atoms with Crippen molar-refractivity contribution in [1.29, 1.82) is 0 Å². The van der Waals surface area contributed by atoms with Crippen LogP contribution in [0.25, 0.3) is 0 Å². The van der Waals surface area contributed by atoms with Gasteiger partial charge >= 0.3 is 6.09 Å². The third-order valence-corrected chi connectivity index (χ3v) is 9.30. The molecule has 42 heavy (non-hydrogen) atoms. The maximum absolute atomic E-state index is 13.9. The van der Waals surface area contributed by atoms with Gasteiger partial charge in [0.25, 0.3) is 0 Å². The molecular weight excluding hydrogens is 548 g/mol. The molecule has 3 heterocycles. The normalized spacial score (nSPS) is 18.6. The molecule has 0 bridgehead atoms. The fourth-order valence-electron chi connectivity index (χ4n) is 5.92. The average molecular weight is 589 g/mol. The van der Waals surface area contributed by atoms with Crippen molar-refractivity contribution in [3.8, 4) is 0 Å². The van der Waals surface area contributed by atoms with Crippen LogP contribution in [0.5, 0.6) is 0 Å². The molecule has 222 valence electrons. The Morgan fingerprint density at radius 1 is 0.929 bits per heavy atom. The van der Waals surface area contributed by atoms with E-state index in [2.05, 4.69) is 45.9 Å². The van der Waals surface area contributed by atoms with E-state index in [9.17, 15) is 14.4 Å². The summed E-state index contributed by atoms with van der Waals surface area (Å²) in [6.07, 6.45) is 3.48. The molecule has 2 saturated heterocycles. The first kappa shape index (κ1) is 29.8. The van der Waals surface area contributed by atoms with Crippen LogP contribution in [0.3, 0.4) is 0 Å². The Morgan fingerprint density at radius 3 is 2.33 bits per heavy atom. The number of ether oxygens (including phenoxy) is 1. The minimum absolute atomic E-state index is 0.0180. The fraction of sp³-hybridized carbons (Fsp3) is 0.424. The molecule has 3 amide bonds. The van der Waals surface area contributed by atoms with Crippen LogP contribution in [-0.4, -0.2) is 72.0 Å². The van der Waals surface area contributed by atoms with E-state index in [1.165, 1.54) is 10.4 Å². The molecule has 0 unspecified atom stereocenters. The first-order valence-corrected chi connectivity index (χ1v) is 15.8. The zero-order valence-electron chi connectivity index (χ0n) is 24.0. The van der Waals surface area contributed by atoms with E-state index in [0.717, 1.165) is 38.0 Å². The van der Waals surface area contributed by atoms with Crippen molar-refractivity contribution < 1.29 is 19.1 Å². The summed E-state index contributed by atoms with van der Waals surface area (Å²) in [7, 11) is 0. The van der Waals surface area contributed by atoms with E-state index in [4.69, 9.17) is 4.74 Å². The summed E-state index contributed by atoms with van der Waals surface area (Å²) in [4.78, 5) is 45.2. The number of amides is 3. The van der Waals surface area contributed by atoms with E-state index >= 15 is 0 Å². The van der Waals surface area contributed by atoms with Crippen LogP contribution in [0.1, 0.15) is 41.7 Å². The van der Waals surface area contributed by atoms with Gasteiger partial charge in [0.2, 0.25) is 11.8 Å². The molecule has 9 heteroatoms. The number of rotatable bonds is 12. The lowest BCUT2D eigenvalue weighted by molar-refractivity contribution is -0.161. The van der Waals surface area contributed by atoms with Crippen molar-refractivity contribution in [1.82, 2.24) is 20.4 Å². The fourth-order valence-corrected chi connectivity index (χ4v) is 6.62. The van der Waals surface area contributed by atoms with Gasteiger partial charge in [0.1, 0.15) is 18.2 Å². The molecule has 2 aliphatic heterocycles. The van der Waals surface area contributed by atoms with Crippen molar-refractivity contribution in [2.75, 3.05) is 32.7 Å². The molecule has 1 aromatic heterocycles. The summed E-state index contributed by atoms with van der Waals surface area (Å²) < 4.78 is 5.27. The maximum atomic E-state index is 13.9. The van der Waals surface area contributed by atoms with Crippen molar-refractivity contribution in [3.05, 3.63) is 94.2 Å². The van der Waals surface area contributed by atoms with Crippen molar-refractivity contribution in [3.63, 3.8) is 0 Å². The second-order valence-corrected chi connectivity index (χ2v) is 12.1. The number of benzene rings is 2. The minimum atomic E-state index is -0.812. The van der Waals surface area contributed by atoms with Gasteiger partial charge in [-0.05, 0) is 61.1 Å². The van der Waals surface area contributed by atoms with Crippen molar-refractivity contribution in [2.24, 2.45) is 0 Å². The van der Waals surface area contributed by atoms with Gasteiger partial charge in [0.05, 0.1) is 0 Å². The Balaban J connectivity index is 1.15. The van der Waals surface area contributed by atoms with Gasteiger partial charge in [-0.3, -0.25) is 9.59 Å². The Bertz CT molecular complexity index is 1290. The van der Waals surface area contributed by atoms with Gasteiger partial charge in [-0.1, -0.05) is 66.7 Å². The van der Waals surface area contributed by atoms with Crippen molar-refractivity contribution in [2.45, 2.75) is 56.7 Å². The minimum Gasteiger partial charge on any atom is -0.445 e. The molecule has 0 aliphatic carbocycles. The average Bonchev–Trinajstić information content (AvgIpc) is 3.55. The number of hydrogen-bond donors (Lipinski definition) is 2. The number of nitrogens with one attached hydrogen (secondary N) is 2. The Hall–Kier alpha value is -3.69. The third-order valence-electron chi connectivity index (χ3n) is 8.37. The summed E-state index contributed by atoms with van der Waals surface area (Å²) in [6.45, 7) is 3.59. The third kappa shape index (κ3) is 7.57. The predicted molar refractivity (Wildman–Crippen MR) is 164 cm³/mol. The highest BCUT2D eigenvalue weighted by Crippen LogP contribution is 2.34. The van der Waals surface area contributed by atoms with Crippen LogP contribution < -0.4 is 10.6 Å². The van der Waals surface area contributed by atoms with E-state index in [1.807, 2.05) is 52.7 Å². The lowest BCUT2D eigenvalue weighted by Crippen LogP contribution is -2.73. The molecule has 1 spiro atoms. The van der Waals surface area contributed by atoms with Gasteiger partial charge in [0, 0.05) is 37.6 Å². The van der Waals surface area contributed by atoms with E-state index < -0.39 is 17.7 Å². The van der Waals surface area contributed by atoms with E-state index in [0.29, 0.717) is 38.8 Å². The highest BCUT2D eigenvalue weighted by Gasteiger charge is 2.53. The van der Waals surface area contributed by atoms with Crippen LogP contribution >= 0.6 is 11.3 Å². The van der Waals surface area contributed by atoms with Crippen LogP contribution in [-0.2, 0) is 33.8 Å². The number of nitrogens with zero attached hydrogens (tertiary/aromatic N) is 2. The predicted octanol–water partition coefficient (Wildman–Crippen LogP) is 4.40. The monoisotopic (exact) mass is 588 g/mol. The number of piperidine rings is 1. The number of likely N-dealkylation sites (tertiary alicyclic amines) is 1. The first-order chi connectivity index (χ1) is 20.5. The van der Waals surface area contributed by atoms with Crippen LogP contribution in [0.4, 0.5) is 4.79 Å². The number of piperazine rings is 1. The van der Waals surface area contributed by atoms with E-state index in [-0.39, 0.29) is 18.4 Å². The summed E-state index contributed by atoms with van der Waals surface area (Å²) in [5.41, 5.74) is 1.41. The number of hydrogen-bond acceptors (Lipinski definition) is 6. The molecule has 3 aromatic rings. The van der Waals surface area contributed by atoms with Crippen LogP contribution in [0.15, 0.2) is 78.2 Å². The molecule has 0 saturated carbocycles. The smallest absolute Gasteiger partial charge is 0.407 e. The largest absolute Gasteiger partial charge is 0.445 e. The van der Waals surface area contributed by atoms with Gasteiger partial charge < -0.3 is 25.2 Å². The zero-order chi connectivity index (χ0) is 29.2. The second kappa shape index (κ2) is 14.5. The Labute approximate surface area is 252 Å². The lowest BCUT2D eigenvalue weighted by Gasteiger charge is -2.51. The summed E-state index contributed by atoms with van der Waals surface area (Å²) in [6, 6.07) is 23.5. The quantitative estimate of drug-likeness (QED) is 0.306. The van der Waals surface area contributed by atoms with Crippen LogP contribution in [0, 0.1) is 0 Å². The van der Waals surface area contributed by atoms with E-state index in [1.54, 1.807) is 11.3 Å². The van der Waals surface area contributed by atoms with Gasteiger partial charge in [-0.15, -0.1) is 11.3 Å². The van der Waals surface area contributed by atoms with Crippen LogP contribution in [0.2, 0.25) is 0 Å². The summed E-state index contributed by atoms with van der Waals surface area (Å²) in [5, 5.41) is 7.87. The molecule has 1 atom stereocenters. The molecule has 5 rings (SSSR count). The summed E-state index contributed by atoms with van der Waals surface area (Å²) in [5.74, 6) is -0.0632. The Morgan fingerprint density at radius 2 is 1.64 bits per heavy atom. The molecule has 8 nitrogen and oxygen atoms in total. The maximum Gasteiger partial charge on any atom is 0.407 e. The van der Waals surface area contributed by atoms with Gasteiger partial charge in [-0.2, -0.15) is 0 Å². The molecule has 2 N–H and O–H groups in total. The molecule has 2 aliphatic rings. The highest BCUT2D eigenvalue weighted by molar-refractivity contribution is 7.09. The topological polar surface area (TPSA) is 91.0 Å². The highest BCUT2D eigenvalue weighted by atomic mass is 32.1. The molecular formula is C33H40N4O4S. The number of thiophene rings is 1. The Kier molecular flexibility index (Phi) is 10.3. The summed E-state index contributed by atoms with van der Waals surface area (Å²) >= 11 is 1.68. The SMILES string of the molecule is O=C(NCCC[C@@H]1NC(=O)C2(CCN(CCc3ccccc3)CC2)N(CCc2cccs2)C1=O)OCc1ccccc1. The first-order valence-electron chi connectivity index (χ1n) is 14.9. The number of carbonyl (C=O) groups is 3. The number of carbonyl (C=O) groups excluding carboxylic acids is 3. The lowest BCUT2D eigenvalue weighted by atomic mass is 9.81. The standard InChI is InChI=1S/C33H40N4O4S/c38-30-29(14-7-19-34-32(40)41-25-27-11-5-2-6-12-27)35-31(39)33(37(30)21-16-28-13-8-24-42-28)17-22-36(23-18-33)20-15-26-9-3-1-4-10-26/h1-6,8-13,24,29H,7,14-23,25H2,(H,34,40)(H,35,39)/t29-/m0/s1. The molecule has 2 fully saturated rings. The van der Waals surface area contributed by atoms with Gasteiger partial charge in [-0.25, -0.2) is 4.79 Å². The van der Waals surface area contributed by atoms with Crippen molar-refractivity contribution >= 4 is 29.2 Å².